The Labute approximate surface area is 152 Å². The highest BCUT2D eigenvalue weighted by molar-refractivity contribution is 5.96. The van der Waals surface area contributed by atoms with Crippen LogP contribution in [0.3, 0.4) is 0 Å². The number of Topliss-reactive ketones (excluding diaryl/α,β-unsaturated/α-hetero) is 1. The minimum Gasteiger partial charge on any atom is -0.423 e. The van der Waals surface area contributed by atoms with E-state index < -0.39 is 5.97 Å². The van der Waals surface area contributed by atoms with Gasteiger partial charge in [0.2, 0.25) is 0 Å². The second kappa shape index (κ2) is 7.35. The smallest absolute Gasteiger partial charge is 0.343 e. The molecule has 2 aromatic carbocycles. The molecule has 0 aliphatic heterocycles. The molecule has 5 heteroatoms. The third kappa shape index (κ3) is 3.72. The number of carbonyl (C=O) groups excluding carboxylic acids is 2. The van der Waals surface area contributed by atoms with Crippen LogP contribution in [0.4, 0.5) is 0 Å². The molecule has 3 aromatic rings. The summed E-state index contributed by atoms with van der Waals surface area (Å²) in [5.41, 5.74) is 3.91. The van der Waals surface area contributed by atoms with E-state index in [2.05, 4.69) is 5.10 Å². The Hall–Kier alpha value is -3.21. The van der Waals surface area contributed by atoms with E-state index in [-0.39, 0.29) is 5.78 Å². The lowest BCUT2D eigenvalue weighted by Gasteiger charge is -2.07. The molecule has 26 heavy (non-hydrogen) atoms. The number of aromatic nitrogens is 2. The first-order chi connectivity index (χ1) is 12.5. The predicted octanol–water partition coefficient (Wildman–Crippen LogP) is 4.30. The summed E-state index contributed by atoms with van der Waals surface area (Å²) in [6.07, 6.45) is 0.445. The van der Waals surface area contributed by atoms with E-state index in [1.54, 1.807) is 36.4 Å². The van der Waals surface area contributed by atoms with Crippen molar-refractivity contribution in [1.29, 1.82) is 0 Å². The van der Waals surface area contributed by atoms with Crippen LogP contribution in [0.1, 0.15) is 45.4 Å². The summed E-state index contributed by atoms with van der Waals surface area (Å²) in [5.74, 6) is 0.0207. The Kier molecular flexibility index (Phi) is 4.98. The predicted molar refractivity (Wildman–Crippen MR) is 99.1 cm³/mol. The molecular formula is C21H20N2O3. The second-order valence-electron chi connectivity index (χ2n) is 6.08. The summed E-state index contributed by atoms with van der Waals surface area (Å²) in [7, 11) is 0. The van der Waals surface area contributed by atoms with Gasteiger partial charge < -0.3 is 4.74 Å². The van der Waals surface area contributed by atoms with Crippen LogP contribution < -0.4 is 4.74 Å². The lowest BCUT2D eigenvalue weighted by molar-refractivity contribution is 0.0734. The van der Waals surface area contributed by atoms with Gasteiger partial charge >= 0.3 is 5.97 Å². The summed E-state index contributed by atoms with van der Waals surface area (Å²) in [4.78, 5) is 23.9. The van der Waals surface area contributed by atoms with Crippen molar-refractivity contribution in [3.63, 3.8) is 0 Å². The van der Waals surface area contributed by atoms with Crippen LogP contribution in [-0.4, -0.2) is 21.5 Å². The van der Waals surface area contributed by atoms with Crippen molar-refractivity contribution in [2.45, 2.75) is 27.2 Å². The fourth-order valence-corrected chi connectivity index (χ4v) is 2.71. The molecule has 0 saturated carbocycles. The Morgan fingerprint density at radius 3 is 2.12 bits per heavy atom. The number of hydrogen-bond acceptors (Lipinski definition) is 4. The van der Waals surface area contributed by atoms with Gasteiger partial charge in [-0.25, -0.2) is 9.48 Å². The number of benzene rings is 2. The van der Waals surface area contributed by atoms with E-state index in [1.165, 1.54) is 0 Å². The molecule has 0 fully saturated rings. The number of carbonyl (C=O) groups is 2. The van der Waals surface area contributed by atoms with Gasteiger partial charge in [0.05, 0.1) is 16.9 Å². The normalized spacial score (nSPS) is 10.6. The molecule has 0 radical (unpaired) electrons. The highest BCUT2D eigenvalue weighted by Crippen LogP contribution is 2.17. The molecule has 0 saturated heterocycles. The molecule has 1 aromatic heterocycles. The lowest BCUT2D eigenvalue weighted by atomic mass is 10.1. The zero-order valence-corrected chi connectivity index (χ0v) is 15.0. The third-order valence-electron chi connectivity index (χ3n) is 4.07. The van der Waals surface area contributed by atoms with E-state index in [4.69, 9.17) is 4.74 Å². The van der Waals surface area contributed by atoms with Crippen molar-refractivity contribution in [1.82, 2.24) is 9.78 Å². The summed E-state index contributed by atoms with van der Waals surface area (Å²) < 4.78 is 7.20. The molecule has 0 unspecified atom stereocenters. The first-order valence-electron chi connectivity index (χ1n) is 8.47. The minimum absolute atomic E-state index is 0.0580. The van der Waals surface area contributed by atoms with Crippen LogP contribution >= 0.6 is 0 Å². The molecule has 0 bridgehead atoms. The largest absolute Gasteiger partial charge is 0.423 e. The van der Waals surface area contributed by atoms with Crippen molar-refractivity contribution < 1.29 is 14.3 Å². The van der Waals surface area contributed by atoms with E-state index in [0.717, 1.165) is 17.1 Å². The van der Waals surface area contributed by atoms with Gasteiger partial charge in [-0.05, 0) is 68.4 Å². The molecule has 0 aliphatic carbocycles. The van der Waals surface area contributed by atoms with Gasteiger partial charge in [0.15, 0.2) is 5.78 Å². The average Bonchev–Trinajstić information content (AvgIpc) is 3.00. The molecule has 5 nitrogen and oxygen atoms in total. The quantitative estimate of drug-likeness (QED) is 0.392. The van der Waals surface area contributed by atoms with E-state index in [1.807, 2.05) is 43.7 Å². The maximum Gasteiger partial charge on any atom is 0.343 e. The molecule has 3 rings (SSSR count). The maximum absolute atomic E-state index is 12.3. The fraction of sp³-hybridized carbons (Fsp3) is 0.190. The van der Waals surface area contributed by atoms with E-state index >= 15 is 0 Å². The highest BCUT2D eigenvalue weighted by atomic mass is 16.5. The van der Waals surface area contributed by atoms with Crippen LogP contribution in [0.2, 0.25) is 0 Å². The van der Waals surface area contributed by atoms with Crippen LogP contribution in [0.5, 0.6) is 5.75 Å². The molecule has 0 N–H and O–H groups in total. The van der Waals surface area contributed by atoms with Crippen molar-refractivity contribution >= 4 is 11.8 Å². The average molecular weight is 348 g/mol. The number of aryl methyl sites for hydroxylation is 2. The third-order valence-corrected chi connectivity index (χ3v) is 4.07. The summed E-state index contributed by atoms with van der Waals surface area (Å²) in [6, 6.07) is 15.7. The fourth-order valence-electron chi connectivity index (χ4n) is 2.71. The molecule has 0 atom stereocenters. The van der Waals surface area contributed by atoms with Crippen molar-refractivity contribution in [3.05, 3.63) is 77.1 Å². The molecule has 132 valence electrons. The van der Waals surface area contributed by atoms with Crippen LogP contribution in [0.15, 0.2) is 54.6 Å². The monoisotopic (exact) mass is 348 g/mol. The van der Waals surface area contributed by atoms with Gasteiger partial charge in [-0.2, -0.15) is 5.10 Å². The van der Waals surface area contributed by atoms with Crippen LogP contribution in [-0.2, 0) is 0 Å². The lowest BCUT2D eigenvalue weighted by Crippen LogP contribution is -2.09. The number of rotatable bonds is 5. The molecule has 0 aliphatic rings. The maximum atomic E-state index is 12.3. The molecule has 1 heterocycles. The van der Waals surface area contributed by atoms with Gasteiger partial charge in [0.25, 0.3) is 0 Å². The van der Waals surface area contributed by atoms with Crippen LogP contribution in [0, 0.1) is 13.8 Å². The standard InChI is InChI=1S/C21H20N2O3/c1-4-20(24)16-7-11-19(12-8-16)26-21(25)17-5-9-18(10-6-17)23-15(3)13-14(2)22-23/h5-13H,4H2,1-3H3. The number of hydrogen-bond donors (Lipinski definition) is 0. The zero-order valence-electron chi connectivity index (χ0n) is 15.0. The van der Waals surface area contributed by atoms with Crippen molar-refractivity contribution in [2.75, 3.05) is 0 Å². The molecular weight excluding hydrogens is 328 g/mol. The Balaban J connectivity index is 1.72. The van der Waals surface area contributed by atoms with E-state index in [0.29, 0.717) is 23.3 Å². The number of nitrogens with zero attached hydrogens (tertiary/aromatic N) is 2. The van der Waals surface area contributed by atoms with E-state index in [9.17, 15) is 9.59 Å². The van der Waals surface area contributed by atoms with Gasteiger partial charge in [-0.1, -0.05) is 6.92 Å². The number of ketones is 1. The molecule has 0 spiro atoms. The first-order valence-corrected chi connectivity index (χ1v) is 8.47. The van der Waals surface area contributed by atoms with Crippen molar-refractivity contribution in [3.8, 4) is 11.4 Å². The van der Waals surface area contributed by atoms with Gasteiger partial charge in [-0.3, -0.25) is 4.79 Å². The SMILES string of the molecule is CCC(=O)c1ccc(OC(=O)c2ccc(-n3nc(C)cc3C)cc2)cc1. The topological polar surface area (TPSA) is 61.2 Å². The zero-order chi connectivity index (χ0) is 18.7. The highest BCUT2D eigenvalue weighted by Gasteiger charge is 2.11. The Bertz CT molecular complexity index is 938. The Morgan fingerprint density at radius 2 is 1.58 bits per heavy atom. The number of ether oxygens (including phenoxy) is 1. The second-order valence-corrected chi connectivity index (χ2v) is 6.08. The summed E-state index contributed by atoms with van der Waals surface area (Å²) in [5, 5.41) is 4.43. The van der Waals surface area contributed by atoms with Gasteiger partial charge in [-0.15, -0.1) is 0 Å². The van der Waals surface area contributed by atoms with Gasteiger partial charge in [0.1, 0.15) is 5.75 Å². The first kappa shape index (κ1) is 17.6. The number of esters is 1. The summed E-state index contributed by atoms with van der Waals surface area (Å²) >= 11 is 0. The van der Waals surface area contributed by atoms with Crippen LogP contribution in [0.25, 0.3) is 5.69 Å². The van der Waals surface area contributed by atoms with Crippen molar-refractivity contribution in [2.24, 2.45) is 0 Å². The minimum atomic E-state index is -0.445. The summed E-state index contributed by atoms with van der Waals surface area (Å²) in [6.45, 7) is 5.73. The Morgan fingerprint density at radius 1 is 0.962 bits per heavy atom. The molecule has 0 amide bonds. The van der Waals surface area contributed by atoms with Gasteiger partial charge in [0, 0.05) is 17.7 Å².